The number of carbonyl (C=O) groups excluding carboxylic acids is 1. The lowest BCUT2D eigenvalue weighted by molar-refractivity contribution is -0.138. The number of aliphatic carboxylic acids is 1. The van der Waals surface area contributed by atoms with E-state index in [2.05, 4.69) is 5.32 Å². The van der Waals surface area contributed by atoms with Gasteiger partial charge in [-0.1, -0.05) is 12.8 Å². The van der Waals surface area contributed by atoms with Crippen LogP contribution in [0.4, 0.5) is 4.39 Å². The molecule has 1 aromatic carbocycles. The first-order valence-corrected chi connectivity index (χ1v) is 7.51. The number of methoxy groups -OCH3 is 1. The van der Waals surface area contributed by atoms with Crippen LogP contribution in [0, 0.1) is 5.82 Å². The summed E-state index contributed by atoms with van der Waals surface area (Å²) in [6.07, 6.45) is 3.52. The maximum absolute atomic E-state index is 13.9. The van der Waals surface area contributed by atoms with Crippen molar-refractivity contribution < 1.29 is 23.8 Å². The molecule has 0 spiro atoms. The van der Waals surface area contributed by atoms with Crippen molar-refractivity contribution in [2.45, 2.75) is 37.3 Å². The Morgan fingerprint density at radius 2 is 2.04 bits per heavy atom. The smallest absolute Gasteiger partial charge is 0.322 e. The van der Waals surface area contributed by atoms with Crippen LogP contribution in [0.3, 0.4) is 0 Å². The average Bonchev–Trinajstić information content (AvgIpc) is 3.01. The van der Waals surface area contributed by atoms with Gasteiger partial charge in [0.05, 0.1) is 5.60 Å². The van der Waals surface area contributed by atoms with Crippen LogP contribution in [-0.2, 0) is 15.1 Å². The summed E-state index contributed by atoms with van der Waals surface area (Å²) in [7, 11) is 1.59. The van der Waals surface area contributed by atoms with Crippen LogP contribution in [0.5, 0.6) is 0 Å². The molecule has 4 N–H and O–H groups in total. The summed E-state index contributed by atoms with van der Waals surface area (Å²) in [6, 6.07) is 2.89. The fourth-order valence-corrected chi connectivity index (χ4v) is 2.93. The second kappa shape index (κ2) is 7.06. The zero-order chi connectivity index (χ0) is 17.0. The van der Waals surface area contributed by atoms with Gasteiger partial charge in [-0.05, 0) is 36.6 Å². The van der Waals surface area contributed by atoms with E-state index in [0.717, 1.165) is 31.7 Å². The van der Waals surface area contributed by atoms with Crippen molar-refractivity contribution in [1.82, 2.24) is 5.32 Å². The number of ether oxygens (including phenoxy) is 1. The van der Waals surface area contributed by atoms with Gasteiger partial charge in [0.15, 0.2) is 0 Å². The Bertz CT molecular complexity index is 600. The van der Waals surface area contributed by atoms with Crippen molar-refractivity contribution in [3.05, 3.63) is 35.1 Å². The van der Waals surface area contributed by atoms with Gasteiger partial charge in [-0.15, -0.1) is 0 Å². The van der Waals surface area contributed by atoms with Crippen molar-refractivity contribution in [3.8, 4) is 0 Å². The molecule has 1 atom stereocenters. The first kappa shape index (κ1) is 17.4. The van der Waals surface area contributed by atoms with Gasteiger partial charge in [-0.25, -0.2) is 4.39 Å². The topological polar surface area (TPSA) is 102 Å². The van der Waals surface area contributed by atoms with Crippen molar-refractivity contribution in [3.63, 3.8) is 0 Å². The monoisotopic (exact) mass is 324 g/mol. The molecule has 1 fully saturated rings. The Morgan fingerprint density at radius 3 is 2.61 bits per heavy atom. The van der Waals surface area contributed by atoms with Crippen LogP contribution in [0.25, 0.3) is 0 Å². The number of nitrogens with two attached hydrogens (primary N) is 1. The molecule has 6 nitrogen and oxygen atoms in total. The Balaban J connectivity index is 2.20. The lowest BCUT2D eigenvalue weighted by Gasteiger charge is -2.28. The average molecular weight is 324 g/mol. The van der Waals surface area contributed by atoms with E-state index in [1.54, 1.807) is 13.2 Å². The number of hydrogen-bond acceptors (Lipinski definition) is 4. The number of hydrogen-bond donors (Lipinski definition) is 3. The summed E-state index contributed by atoms with van der Waals surface area (Å²) in [4.78, 5) is 22.8. The number of carboxylic acids is 1. The highest BCUT2D eigenvalue weighted by Crippen LogP contribution is 2.42. The molecule has 1 aliphatic carbocycles. The van der Waals surface area contributed by atoms with Crippen LogP contribution < -0.4 is 11.1 Å². The summed E-state index contributed by atoms with van der Waals surface area (Å²) < 4.78 is 19.5. The number of halogens is 1. The predicted octanol–water partition coefficient (Wildman–Crippen LogP) is 1.38. The number of carboxylic acid groups (broad SMARTS) is 1. The van der Waals surface area contributed by atoms with Gasteiger partial charge in [-0.2, -0.15) is 0 Å². The molecule has 23 heavy (non-hydrogen) atoms. The van der Waals surface area contributed by atoms with Crippen LogP contribution in [-0.4, -0.2) is 36.7 Å². The fourth-order valence-electron chi connectivity index (χ4n) is 2.93. The van der Waals surface area contributed by atoms with E-state index < -0.39 is 29.3 Å². The van der Waals surface area contributed by atoms with E-state index >= 15 is 0 Å². The van der Waals surface area contributed by atoms with Crippen molar-refractivity contribution in [2.75, 3.05) is 13.7 Å². The van der Waals surface area contributed by atoms with E-state index in [-0.39, 0.29) is 12.1 Å². The molecule has 7 heteroatoms. The summed E-state index contributed by atoms with van der Waals surface area (Å²) in [6.45, 7) is -0.227. The van der Waals surface area contributed by atoms with E-state index in [4.69, 9.17) is 15.6 Å². The van der Waals surface area contributed by atoms with Gasteiger partial charge in [0.2, 0.25) is 0 Å². The summed E-state index contributed by atoms with van der Waals surface area (Å²) >= 11 is 0. The minimum Gasteiger partial charge on any atom is -0.480 e. The molecule has 0 unspecified atom stereocenters. The fraction of sp³-hybridized carbons (Fsp3) is 0.500. The SMILES string of the molecule is COC1(c2cc(F)cc(C(=O)NC[C@@H](N)C(=O)O)c2)CCCC1. The van der Waals surface area contributed by atoms with Crippen LogP contribution >= 0.6 is 0 Å². The summed E-state index contributed by atoms with van der Waals surface area (Å²) in [5.41, 5.74) is 5.53. The lowest BCUT2D eigenvalue weighted by Crippen LogP contribution is -2.42. The molecule has 1 amide bonds. The van der Waals surface area contributed by atoms with Crippen LogP contribution in [0.15, 0.2) is 18.2 Å². The zero-order valence-electron chi connectivity index (χ0n) is 13.0. The van der Waals surface area contributed by atoms with Crippen molar-refractivity contribution in [2.24, 2.45) is 5.73 Å². The molecule has 0 heterocycles. The molecule has 0 radical (unpaired) electrons. The molecule has 0 saturated heterocycles. The van der Waals surface area contributed by atoms with Crippen molar-refractivity contribution in [1.29, 1.82) is 0 Å². The van der Waals surface area contributed by atoms with Crippen LogP contribution in [0.1, 0.15) is 41.6 Å². The Labute approximate surface area is 133 Å². The first-order valence-electron chi connectivity index (χ1n) is 7.51. The number of rotatable bonds is 6. The first-order chi connectivity index (χ1) is 10.9. The number of amides is 1. The molecule has 1 aromatic rings. The van der Waals surface area contributed by atoms with Crippen molar-refractivity contribution >= 4 is 11.9 Å². The minimum atomic E-state index is -1.21. The van der Waals surface area contributed by atoms with E-state index in [1.165, 1.54) is 6.07 Å². The van der Waals surface area contributed by atoms with Gasteiger partial charge < -0.3 is 20.9 Å². The third-order valence-corrected chi connectivity index (χ3v) is 4.29. The van der Waals surface area contributed by atoms with E-state index in [9.17, 15) is 14.0 Å². The third kappa shape index (κ3) is 3.86. The summed E-state index contributed by atoms with van der Waals surface area (Å²) in [5, 5.41) is 11.1. The highest BCUT2D eigenvalue weighted by Gasteiger charge is 2.36. The standard InChI is InChI=1S/C16H21FN2O4/c1-23-16(4-2-3-5-16)11-6-10(7-12(17)8-11)14(20)19-9-13(18)15(21)22/h6-8,13H,2-5,9,18H2,1H3,(H,19,20)(H,21,22)/t13-/m1/s1. The van der Waals surface area contributed by atoms with E-state index in [1.807, 2.05) is 0 Å². The Morgan fingerprint density at radius 1 is 1.39 bits per heavy atom. The van der Waals surface area contributed by atoms with Gasteiger partial charge in [0, 0.05) is 19.2 Å². The van der Waals surface area contributed by atoms with Gasteiger partial charge >= 0.3 is 5.97 Å². The van der Waals surface area contributed by atoms with Gasteiger partial charge in [0.25, 0.3) is 5.91 Å². The normalized spacial score (nSPS) is 17.7. The predicted molar refractivity (Wildman–Crippen MR) is 81.5 cm³/mol. The quantitative estimate of drug-likeness (QED) is 0.734. The molecule has 126 valence electrons. The maximum Gasteiger partial charge on any atom is 0.322 e. The molecule has 2 rings (SSSR count). The molecule has 1 aliphatic rings. The minimum absolute atomic E-state index is 0.126. The number of carbonyl (C=O) groups is 2. The molecule has 0 bridgehead atoms. The second-order valence-corrected chi connectivity index (χ2v) is 5.79. The van der Waals surface area contributed by atoms with E-state index in [0.29, 0.717) is 5.56 Å². The van der Waals surface area contributed by atoms with Gasteiger partial charge in [0.1, 0.15) is 11.9 Å². The third-order valence-electron chi connectivity index (χ3n) is 4.29. The Hall–Kier alpha value is -1.99. The van der Waals surface area contributed by atoms with Crippen LogP contribution in [0.2, 0.25) is 0 Å². The highest BCUT2D eigenvalue weighted by molar-refractivity contribution is 5.94. The molecule has 0 aliphatic heterocycles. The molecular weight excluding hydrogens is 303 g/mol. The lowest BCUT2D eigenvalue weighted by atomic mass is 9.90. The van der Waals surface area contributed by atoms with Gasteiger partial charge in [-0.3, -0.25) is 9.59 Å². The second-order valence-electron chi connectivity index (χ2n) is 5.79. The number of benzene rings is 1. The zero-order valence-corrected chi connectivity index (χ0v) is 13.0. The molecular formula is C16H21FN2O4. The summed E-state index contributed by atoms with van der Waals surface area (Å²) in [5.74, 6) is -2.31. The number of nitrogens with one attached hydrogen (secondary N) is 1. The maximum atomic E-state index is 13.9. The molecule has 1 saturated carbocycles. The molecule has 0 aromatic heterocycles. The largest absolute Gasteiger partial charge is 0.480 e. The highest BCUT2D eigenvalue weighted by atomic mass is 19.1. The Kier molecular flexibility index (Phi) is 5.33.